The zero-order valence-electron chi connectivity index (χ0n) is 10.1. The van der Waals surface area contributed by atoms with Crippen molar-refractivity contribution in [2.75, 3.05) is 11.9 Å². The minimum atomic E-state index is 0.673. The van der Waals surface area contributed by atoms with E-state index in [9.17, 15) is 0 Å². The van der Waals surface area contributed by atoms with Gasteiger partial charge in [-0.1, -0.05) is 27.7 Å². The smallest absolute Gasteiger partial charge is 0.144 e. The monoisotopic (exact) mass is 207 g/mol. The summed E-state index contributed by atoms with van der Waals surface area (Å²) in [4.78, 5) is 8.22. The summed E-state index contributed by atoms with van der Waals surface area (Å²) in [7, 11) is 0. The van der Waals surface area contributed by atoms with Crippen LogP contribution in [0.1, 0.15) is 27.7 Å². The van der Waals surface area contributed by atoms with Crippen molar-refractivity contribution in [3.8, 4) is 0 Å². The van der Waals surface area contributed by atoms with E-state index in [1.807, 2.05) is 0 Å². The van der Waals surface area contributed by atoms with E-state index in [1.165, 1.54) is 0 Å². The second kappa shape index (κ2) is 5.69. The zero-order valence-corrected chi connectivity index (χ0v) is 10.1. The summed E-state index contributed by atoms with van der Waals surface area (Å²) in [6.07, 6.45) is 5.16. The van der Waals surface area contributed by atoms with Crippen LogP contribution in [0.3, 0.4) is 0 Å². The summed E-state index contributed by atoms with van der Waals surface area (Å²) in [5.74, 6) is 2.92. The summed E-state index contributed by atoms with van der Waals surface area (Å²) in [6, 6.07) is 0. The van der Waals surface area contributed by atoms with Gasteiger partial charge in [0.25, 0.3) is 0 Å². The Balaban J connectivity index is 2.47. The molecule has 0 bridgehead atoms. The summed E-state index contributed by atoms with van der Waals surface area (Å²) in [5, 5.41) is 3.33. The van der Waals surface area contributed by atoms with Crippen molar-refractivity contribution in [2.24, 2.45) is 17.8 Å². The number of nitrogens with one attached hydrogen (secondary N) is 1. The van der Waals surface area contributed by atoms with E-state index in [4.69, 9.17) is 0 Å². The largest absolute Gasteiger partial charge is 0.368 e. The van der Waals surface area contributed by atoms with Crippen molar-refractivity contribution in [2.45, 2.75) is 27.7 Å². The first-order chi connectivity index (χ1) is 7.11. The number of hydrogen-bond donors (Lipinski definition) is 1. The normalized spacial score (nSPS) is 11.4. The van der Waals surface area contributed by atoms with Gasteiger partial charge in [0.2, 0.25) is 0 Å². The van der Waals surface area contributed by atoms with E-state index in [2.05, 4.69) is 43.0 Å². The minimum Gasteiger partial charge on any atom is -0.368 e. The average molecular weight is 207 g/mol. The third kappa shape index (κ3) is 3.86. The second-order valence-electron chi connectivity index (χ2n) is 4.62. The van der Waals surface area contributed by atoms with Gasteiger partial charge in [-0.15, -0.1) is 0 Å². The lowest BCUT2D eigenvalue weighted by Gasteiger charge is -2.25. The van der Waals surface area contributed by atoms with Crippen LogP contribution >= 0.6 is 0 Å². The van der Waals surface area contributed by atoms with Gasteiger partial charge in [-0.25, -0.2) is 4.98 Å². The van der Waals surface area contributed by atoms with Gasteiger partial charge in [0.15, 0.2) is 0 Å². The summed E-state index contributed by atoms with van der Waals surface area (Å²) in [5.41, 5.74) is 0. The van der Waals surface area contributed by atoms with Crippen LogP contribution in [0.15, 0.2) is 18.6 Å². The van der Waals surface area contributed by atoms with Gasteiger partial charge in [-0.3, -0.25) is 4.98 Å². The van der Waals surface area contributed by atoms with Crippen LogP contribution in [0.25, 0.3) is 0 Å². The molecule has 0 amide bonds. The fraction of sp³-hybridized carbons (Fsp3) is 0.667. The van der Waals surface area contributed by atoms with E-state index >= 15 is 0 Å². The molecule has 0 atom stereocenters. The van der Waals surface area contributed by atoms with E-state index in [0.717, 1.165) is 12.4 Å². The van der Waals surface area contributed by atoms with Gasteiger partial charge >= 0.3 is 0 Å². The molecule has 84 valence electrons. The van der Waals surface area contributed by atoms with Crippen LogP contribution in [0.5, 0.6) is 0 Å². The van der Waals surface area contributed by atoms with Crippen LogP contribution in [-0.2, 0) is 0 Å². The molecular formula is C12H21N3. The highest BCUT2D eigenvalue weighted by atomic mass is 15.0. The lowest BCUT2D eigenvalue weighted by molar-refractivity contribution is 0.304. The first kappa shape index (κ1) is 12.0. The highest BCUT2D eigenvalue weighted by molar-refractivity contribution is 5.29. The third-order valence-corrected chi connectivity index (χ3v) is 2.79. The highest BCUT2D eigenvalue weighted by Gasteiger charge is 2.16. The molecule has 0 spiro atoms. The van der Waals surface area contributed by atoms with Crippen molar-refractivity contribution < 1.29 is 0 Å². The zero-order chi connectivity index (χ0) is 11.3. The van der Waals surface area contributed by atoms with Crippen LogP contribution in [0.4, 0.5) is 5.82 Å². The molecule has 0 radical (unpaired) electrons. The predicted molar refractivity (Wildman–Crippen MR) is 63.7 cm³/mol. The predicted octanol–water partition coefficient (Wildman–Crippen LogP) is 2.82. The fourth-order valence-corrected chi connectivity index (χ4v) is 1.85. The van der Waals surface area contributed by atoms with Gasteiger partial charge < -0.3 is 5.32 Å². The molecule has 3 heteroatoms. The third-order valence-electron chi connectivity index (χ3n) is 2.79. The van der Waals surface area contributed by atoms with Crippen LogP contribution in [0, 0.1) is 17.8 Å². The van der Waals surface area contributed by atoms with Crippen molar-refractivity contribution in [3.63, 3.8) is 0 Å². The molecule has 1 heterocycles. The molecule has 1 rings (SSSR count). The summed E-state index contributed by atoms with van der Waals surface area (Å²) >= 11 is 0. The maximum atomic E-state index is 4.20. The Morgan fingerprint density at radius 3 is 2.27 bits per heavy atom. The molecule has 0 aliphatic carbocycles. The quantitative estimate of drug-likeness (QED) is 0.806. The molecule has 3 nitrogen and oxygen atoms in total. The SMILES string of the molecule is CC(C)C(CNc1cnccn1)C(C)C. The molecule has 0 saturated carbocycles. The Labute approximate surface area is 92.3 Å². The Bertz CT molecular complexity index is 261. The molecule has 0 aromatic carbocycles. The Morgan fingerprint density at radius 1 is 1.13 bits per heavy atom. The molecule has 0 fully saturated rings. The Morgan fingerprint density at radius 2 is 1.80 bits per heavy atom. The highest BCUT2D eigenvalue weighted by Crippen LogP contribution is 2.20. The number of aromatic nitrogens is 2. The second-order valence-corrected chi connectivity index (χ2v) is 4.62. The molecule has 1 aromatic heterocycles. The lowest BCUT2D eigenvalue weighted by Crippen LogP contribution is -2.24. The van der Waals surface area contributed by atoms with E-state index in [-0.39, 0.29) is 0 Å². The van der Waals surface area contributed by atoms with Crippen molar-refractivity contribution >= 4 is 5.82 Å². The summed E-state index contributed by atoms with van der Waals surface area (Å²) in [6.45, 7) is 10.0. The lowest BCUT2D eigenvalue weighted by atomic mass is 9.85. The van der Waals surface area contributed by atoms with Gasteiger partial charge in [0.05, 0.1) is 6.20 Å². The molecule has 0 aliphatic heterocycles. The summed E-state index contributed by atoms with van der Waals surface area (Å²) < 4.78 is 0. The Hall–Kier alpha value is -1.12. The molecule has 0 aliphatic rings. The molecule has 15 heavy (non-hydrogen) atoms. The van der Waals surface area contributed by atoms with E-state index in [0.29, 0.717) is 17.8 Å². The molecule has 1 aromatic rings. The van der Waals surface area contributed by atoms with Crippen molar-refractivity contribution in [1.82, 2.24) is 9.97 Å². The van der Waals surface area contributed by atoms with E-state index in [1.54, 1.807) is 18.6 Å². The standard InChI is InChI=1S/C12H21N3/c1-9(2)11(10(3)4)7-15-12-8-13-5-6-14-12/h5-6,8-11H,7H2,1-4H3,(H,14,15). The van der Waals surface area contributed by atoms with Crippen LogP contribution in [0.2, 0.25) is 0 Å². The van der Waals surface area contributed by atoms with Crippen molar-refractivity contribution in [3.05, 3.63) is 18.6 Å². The topological polar surface area (TPSA) is 37.8 Å². The molecule has 1 N–H and O–H groups in total. The molecular weight excluding hydrogens is 186 g/mol. The van der Waals surface area contributed by atoms with Gasteiger partial charge in [-0.2, -0.15) is 0 Å². The number of anilines is 1. The van der Waals surface area contributed by atoms with E-state index < -0.39 is 0 Å². The molecule has 0 unspecified atom stereocenters. The minimum absolute atomic E-state index is 0.673. The van der Waals surface area contributed by atoms with Crippen molar-refractivity contribution in [1.29, 1.82) is 0 Å². The average Bonchev–Trinajstić information content (AvgIpc) is 2.18. The first-order valence-electron chi connectivity index (χ1n) is 5.61. The number of nitrogens with zero attached hydrogens (tertiary/aromatic N) is 2. The van der Waals surface area contributed by atoms with Gasteiger partial charge in [0, 0.05) is 18.9 Å². The van der Waals surface area contributed by atoms with Crippen LogP contribution in [-0.4, -0.2) is 16.5 Å². The Kier molecular flexibility index (Phi) is 4.53. The number of hydrogen-bond acceptors (Lipinski definition) is 3. The van der Waals surface area contributed by atoms with Crippen LogP contribution < -0.4 is 5.32 Å². The first-order valence-corrected chi connectivity index (χ1v) is 5.61. The molecule has 0 saturated heterocycles. The number of rotatable bonds is 5. The maximum absolute atomic E-state index is 4.20. The van der Waals surface area contributed by atoms with Gasteiger partial charge in [0.1, 0.15) is 5.82 Å². The maximum Gasteiger partial charge on any atom is 0.144 e. The fourth-order valence-electron chi connectivity index (χ4n) is 1.85. The van der Waals surface area contributed by atoms with Gasteiger partial charge in [-0.05, 0) is 17.8 Å².